The van der Waals surface area contributed by atoms with Crippen molar-refractivity contribution in [3.05, 3.63) is 55.4 Å². The fourth-order valence-corrected chi connectivity index (χ4v) is 5.67. The molecule has 39 heavy (non-hydrogen) atoms. The van der Waals surface area contributed by atoms with Crippen LogP contribution in [0.15, 0.2) is 27.6 Å². The fourth-order valence-electron chi connectivity index (χ4n) is 4.76. The zero-order valence-corrected chi connectivity index (χ0v) is 25.1. The van der Waals surface area contributed by atoms with Crippen LogP contribution in [0.1, 0.15) is 51.8 Å². The lowest BCUT2D eigenvalue weighted by Crippen LogP contribution is -2.57. The summed E-state index contributed by atoms with van der Waals surface area (Å²) in [6.07, 6.45) is 1.18. The number of pyridine rings is 1. The molecule has 0 saturated carbocycles. The van der Waals surface area contributed by atoms with Crippen molar-refractivity contribution >= 4 is 50.3 Å². The molecule has 1 saturated heterocycles. The molecular weight excluding hydrogens is 593 g/mol. The first-order valence-electron chi connectivity index (χ1n) is 12.7. The van der Waals surface area contributed by atoms with Gasteiger partial charge in [-0.05, 0) is 67.2 Å². The number of carbonyl (C=O) groups is 1. The number of carbonyl (C=O) groups excluding carboxylic acids is 1. The van der Waals surface area contributed by atoms with Crippen LogP contribution in [0.2, 0.25) is 5.02 Å². The molecule has 1 aromatic carbocycles. The summed E-state index contributed by atoms with van der Waals surface area (Å²) >= 11 is 9.63. The summed E-state index contributed by atoms with van der Waals surface area (Å²) in [6, 6.07) is 2.59. The van der Waals surface area contributed by atoms with E-state index in [0.29, 0.717) is 22.3 Å². The number of rotatable bonds is 4. The molecule has 4 rings (SSSR count). The minimum Gasteiger partial charge on any atom is -0.444 e. The molecule has 0 aliphatic carbocycles. The number of anilines is 1. The summed E-state index contributed by atoms with van der Waals surface area (Å²) in [5.74, 6) is -0.526. The normalized spacial score (nSPS) is 16.3. The molecule has 210 valence electrons. The maximum Gasteiger partial charge on any atom is 0.410 e. The highest BCUT2D eigenvalue weighted by Crippen LogP contribution is 2.39. The first-order valence-corrected chi connectivity index (χ1v) is 13.8. The maximum absolute atomic E-state index is 15.2. The monoisotopic (exact) mass is 623 g/mol. The van der Waals surface area contributed by atoms with Crippen molar-refractivity contribution in [2.45, 2.75) is 59.1 Å². The van der Waals surface area contributed by atoms with E-state index in [1.54, 1.807) is 37.9 Å². The molecule has 12 heteroatoms. The van der Waals surface area contributed by atoms with Gasteiger partial charge < -0.3 is 19.6 Å². The Kier molecular flexibility index (Phi) is 8.26. The first-order chi connectivity index (χ1) is 18.2. The molecule has 1 aliphatic rings. The number of aliphatic hydroxyl groups is 1. The Labute approximate surface area is 239 Å². The van der Waals surface area contributed by atoms with E-state index in [4.69, 9.17) is 16.3 Å². The molecule has 1 fully saturated rings. The van der Waals surface area contributed by atoms with E-state index in [1.807, 2.05) is 20.8 Å². The second-order valence-electron chi connectivity index (χ2n) is 10.9. The van der Waals surface area contributed by atoms with Gasteiger partial charge in [0.2, 0.25) is 0 Å². The topological polar surface area (TPSA) is 101 Å². The highest BCUT2D eigenvalue weighted by molar-refractivity contribution is 9.10. The molecule has 1 N–H and O–H groups in total. The standard InChI is InChI=1S/C27H32BrClFN5O4/c1-14(2)22-23(15(3)7-8-31-22)35-18-11-17(29)21(30)20(28)19(18)24(32-25(35)37)34-10-9-33(12-16(34)13-36)26(38)39-27(4,5)6/h7-8,11,14,16,36H,9-10,12-13H2,1-6H3/t16-/m0/s1. The molecule has 0 radical (unpaired) electrons. The second kappa shape index (κ2) is 11.0. The SMILES string of the molecule is Cc1ccnc(C(C)C)c1-n1c(=O)nc(N2CCN(C(=O)OC(C)(C)C)C[C@H]2CO)c2c(Br)c(F)c(Cl)cc21. The third-order valence-electron chi connectivity index (χ3n) is 6.54. The van der Waals surface area contributed by atoms with Gasteiger partial charge >= 0.3 is 11.8 Å². The molecule has 9 nitrogen and oxygen atoms in total. The van der Waals surface area contributed by atoms with Crippen molar-refractivity contribution in [2.24, 2.45) is 0 Å². The number of benzene rings is 1. The van der Waals surface area contributed by atoms with Crippen LogP contribution in [0, 0.1) is 12.7 Å². The Balaban J connectivity index is 1.92. The second-order valence-corrected chi connectivity index (χ2v) is 12.1. The summed E-state index contributed by atoms with van der Waals surface area (Å²) in [6.45, 7) is 11.4. The number of hydrogen-bond donors (Lipinski definition) is 1. The van der Waals surface area contributed by atoms with Crippen LogP contribution in [0.5, 0.6) is 0 Å². The summed E-state index contributed by atoms with van der Waals surface area (Å²) in [5, 5.41) is 10.4. The molecular formula is C27H32BrClFN5O4. The van der Waals surface area contributed by atoms with E-state index in [2.05, 4.69) is 25.9 Å². The molecule has 1 amide bonds. The van der Waals surface area contributed by atoms with Crippen molar-refractivity contribution < 1.29 is 19.0 Å². The first kappa shape index (κ1) is 29.2. The van der Waals surface area contributed by atoms with Crippen molar-refractivity contribution in [2.75, 3.05) is 31.1 Å². The van der Waals surface area contributed by atoms with Gasteiger partial charge in [-0.25, -0.2) is 14.0 Å². The van der Waals surface area contributed by atoms with Crippen molar-refractivity contribution in [3.63, 3.8) is 0 Å². The fraction of sp³-hybridized carbons (Fsp3) is 0.481. The summed E-state index contributed by atoms with van der Waals surface area (Å²) in [4.78, 5) is 38.6. The Morgan fingerprint density at radius 2 is 2.03 bits per heavy atom. The van der Waals surface area contributed by atoms with Gasteiger partial charge in [0.1, 0.15) is 11.4 Å². The van der Waals surface area contributed by atoms with Crippen LogP contribution in [0.3, 0.4) is 0 Å². The van der Waals surface area contributed by atoms with Gasteiger partial charge in [-0.2, -0.15) is 4.98 Å². The van der Waals surface area contributed by atoms with Crippen molar-refractivity contribution in [1.82, 2.24) is 19.4 Å². The van der Waals surface area contributed by atoms with Crippen molar-refractivity contribution in [3.8, 4) is 5.69 Å². The van der Waals surface area contributed by atoms with Gasteiger partial charge in [0.05, 0.1) is 44.4 Å². The number of ether oxygens (including phenoxy) is 1. The average Bonchev–Trinajstić information content (AvgIpc) is 2.85. The molecule has 1 aliphatic heterocycles. The van der Waals surface area contributed by atoms with Crippen LogP contribution in [0.25, 0.3) is 16.6 Å². The van der Waals surface area contributed by atoms with E-state index < -0.39 is 29.2 Å². The minimum absolute atomic E-state index is 0.0133. The van der Waals surface area contributed by atoms with Crippen LogP contribution in [-0.4, -0.2) is 68.5 Å². The lowest BCUT2D eigenvalue weighted by molar-refractivity contribution is 0.0197. The Morgan fingerprint density at radius 1 is 1.33 bits per heavy atom. The molecule has 3 aromatic rings. The van der Waals surface area contributed by atoms with Crippen molar-refractivity contribution in [1.29, 1.82) is 0 Å². The largest absolute Gasteiger partial charge is 0.444 e. The number of aryl methyl sites for hydroxylation is 1. The number of nitrogens with zero attached hydrogens (tertiary/aromatic N) is 5. The Bertz CT molecular complexity index is 1490. The molecule has 2 aromatic heterocycles. The van der Waals surface area contributed by atoms with Crippen LogP contribution < -0.4 is 10.6 Å². The molecule has 3 heterocycles. The smallest absolute Gasteiger partial charge is 0.410 e. The molecule has 0 spiro atoms. The predicted molar refractivity (Wildman–Crippen MR) is 153 cm³/mol. The lowest BCUT2D eigenvalue weighted by atomic mass is 10.0. The van der Waals surface area contributed by atoms with Crippen LogP contribution in [0.4, 0.5) is 15.0 Å². The Morgan fingerprint density at radius 3 is 2.64 bits per heavy atom. The average molecular weight is 625 g/mol. The zero-order valence-electron chi connectivity index (χ0n) is 22.8. The number of halogens is 3. The number of hydrogen-bond acceptors (Lipinski definition) is 7. The maximum atomic E-state index is 15.2. The highest BCUT2D eigenvalue weighted by atomic mass is 79.9. The van der Waals surface area contributed by atoms with Crippen LogP contribution in [-0.2, 0) is 4.74 Å². The molecule has 1 atom stereocenters. The van der Waals surface area contributed by atoms with Gasteiger partial charge in [0, 0.05) is 25.8 Å². The number of aliphatic hydroxyl groups excluding tert-OH is 1. The lowest BCUT2D eigenvalue weighted by Gasteiger charge is -2.42. The summed E-state index contributed by atoms with van der Waals surface area (Å²) in [5.41, 5.74) is 1.10. The highest BCUT2D eigenvalue weighted by Gasteiger charge is 2.35. The molecule has 0 unspecified atom stereocenters. The van der Waals surface area contributed by atoms with Gasteiger partial charge in [-0.15, -0.1) is 0 Å². The van der Waals surface area contributed by atoms with Gasteiger partial charge in [-0.1, -0.05) is 25.4 Å². The zero-order chi connectivity index (χ0) is 28.8. The number of fused-ring (bicyclic) bond motifs is 1. The van der Waals surface area contributed by atoms with E-state index in [-0.39, 0.29) is 47.5 Å². The van der Waals surface area contributed by atoms with Crippen LogP contribution >= 0.6 is 27.5 Å². The Hall–Kier alpha value is -2.76. The number of amides is 1. The summed E-state index contributed by atoms with van der Waals surface area (Å²) in [7, 11) is 0. The van der Waals surface area contributed by atoms with E-state index in [1.165, 1.54) is 15.5 Å². The van der Waals surface area contributed by atoms with Gasteiger partial charge in [-0.3, -0.25) is 9.55 Å². The molecule has 0 bridgehead atoms. The van der Waals surface area contributed by atoms with E-state index in [9.17, 15) is 14.7 Å². The number of piperazine rings is 1. The minimum atomic E-state index is -0.697. The van der Waals surface area contributed by atoms with Gasteiger partial charge in [0.25, 0.3) is 0 Å². The quantitative estimate of drug-likeness (QED) is 0.399. The summed E-state index contributed by atoms with van der Waals surface area (Å²) < 4.78 is 22.1. The van der Waals surface area contributed by atoms with E-state index >= 15 is 4.39 Å². The van der Waals surface area contributed by atoms with E-state index in [0.717, 1.165) is 5.56 Å². The third-order valence-corrected chi connectivity index (χ3v) is 7.56. The predicted octanol–water partition coefficient (Wildman–Crippen LogP) is 5.19. The number of aromatic nitrogens is 3. The third kappa shape index (κ3) is 5.62. The van der Waals surface area contributed by atoms with Gasteiger partial charge in [0.15, 0.2) is 5.82 Å².